The molecule has 0 aromatic heterocycles. The molecule has 0 bridgehead atoms. The first-order chi connectivity index (χ1) is 28.3. The van der Waals surface area contributed by atoms with Crippen molar-refractivity contribution >= 4 is 45.3 Å². The molecule has 3 aliphatic heterocycles. The molecule has 0 radical (unpaired) electrons. The highest BCUT2D eigenvalue weighted by Gasteiger charge is 2.85. The highest BCUT2D eigenvalue weighted by atomic mass is 32.2. The molecule has 0 aromatic carbocycles. The van der Waals surface area contributed by atoms with E-state index < -0.39 is 44.9 Å². The van der Waals surface area contributed by atoms with E-state index >= 15 is 4.79 Å². The Morgan fingerprint density at radius 1 is 0.800 bits per heavy atom. The number of carbonyl (C=O) groups is 5. The van der Waals surface area contributed by atoms with E-state index in [1.807, 2.05) is 41.5 Å². The number of likely N-dealkylation sites (N-methyl/N-ethyl adjacent to an activating group) is 1. The van der Waals surface area contributed by atoms with Crippen LogP contribution in [0.1, 0.15) is 159 Å². The first-order valence-electron chi connectivity index (χ1n) is 23.7. The van der Waals surface area contributed by atoms with E-state index in [0.717, 1.165) is 90.1 Å². The van der Waals surface area contributed by atoms with Gasteiger partial charge in [-0.3, -0.25) is 33.6 Å². The lowest BCUT2D eigenvalue weighted by molar-refractivity contribution is -0.145. The van der Waals surface area contributed by atoms with Crippen LogP contribution in [-0.4, -0.2) is 116 Å². The van der Waals surface area contributed by atoms with Crippen LogP contribution >= 0.6 is 0 Å². The summed E-state index contributed by atoms with van der Waals surface area (Å²) >= 11 is 0. The largest absolute Gasteiger partial charge is 0.343 e. The van der Waals surface area contributed by atoms with Gasteiger partial charge in [0.25, 0.3) is 5.91 Å². The van der Waals surface area contributed by atoms with Gasteiger partial charge in [0.15, 0.2) is 0 Å². The molecule has 7 fully saturated rings. The molecular formula is C46H79N7O6S. The summed E-state index contributed by atoms with van der Waals surface area (Å²) in [6, 6.07) is -2.86. The van der Waals surface area contributed by atoms with E-state index in [4.69, 9.17) is 0 Å². The monoisotopic (exact) mass is 858 g/mol. The maximum atomic E-state index is 15.3. The molecule has 3 heterocycles. The van der Waals surface area contributed by atoms with Gasteiger partial charge in [-0.05, 0) is 111 Å². The van der Waals surface area contributed by atoms with Crippen molar-refractivity contribution in [2.75, 3.05) is 32.7 Å². The number of nitrogens with zero attached hydrogens (tertiary/aromatic N) is 3. The van der Waals surface area contributed by atoms with Gasteiger partial charge < -0.3 is 20.9 Å². The second kappa shape index (κ2) is 17.5. The average molecular weight is 858 g/mol. The Morgan fingerprint density at radius 3 is 1.98 bits per heavy atom. The fourth-order valence-electron chi connectivity index (χ4n) is 12.6. The van der Waals surface area contributed by atoms with Gasteiger partial charge in [-0.1, -0.05) is 94.4 Å². The fraction of sp³-hybridized carbons (Fsp3) is 0.870. The van der Waals surface area contributed by atoms with Crippen molar-refractivity contribution < 1.29 is 28.2 Å². The van der Waals surface area contributed by atoms with Crippen molar-refractivity contribution in [2.24, 2.45) is 33.5 Å². The van der Waals surface area contributed by atoms with E-state index in [1.165, 1.54) is 0 Å². The molecule has 4 saturated carbocycles. The van der Waals surface area contributed by atoms with E-state index in [2.05, 4.69) is 52.2 Å². The van der Waals surface area contributed by atoms with Crippen molar-refractivity contribution in [3.63, 3.8) is 0 Å². The molecule has 0 aromatic rings. The summed E-state index contributed by atoms with van der Waals surface area (Å²) in [5, 5.41) is 9.51. The number of carbonyl (C=O) groups excluding carboxylic acids is 5. The van der Waals surface area contributed by atoms with Crippen molar-refractivity contribution in [2.45, 2.75) is 188 Å². The van der Waals surface area contributed by atoms with Crippen LogP contribution in [0.15, 0.2) is 0 Å². The van der Waals surface area contributed by atoms with Crippen molar-refractivity contribution in [3.8, 4) is 0 Å². The van der Waals surface area contributed by atoms with Crippen molar-refractivity contribution in [1.29, 1.82) is 0 Å². The SMILES string of the molecule is C=S(=O)(NC(=O)C1(NC(=O)C2CC3(CN2C(=O)[C@@H](NC(=O)C(NC(=O)[C@@H]2CCCN2CC)C2CCCCC2)C(C)(C)C)C(C)(C)C32CCC2)C[C@H]1CC)N1CCCC1.CC. The molecule has 13 nitrogen and oxygen atoms in total. The Balaban J connectivity index is 0.00000297. The maximum Gasteiger partial charge on any atom is 0.258 e. The zero-order chi connectivity index (χ0) is 44.1. The van der Waals surface area contributed by atoms with Gasteiger partial charge in [-0.15, -0.1) is 0 Å². The first-order valence-corrected chi connectivity index (χ1v) is 25.4. The van der Waals surface area contributed by atoms with Gasteiger partial charge in [0.05, 0.1) is 6.04 Å². The predicted octanol–water partition coefficient (Wildman–Crippen LogP) is 4.93. The Labute approximate surface area is 361 Å². The number of hydrogen-bond acceptors (Lipinski definition) is 7. The number of nitrogens with one attached hydrogen (secondary N) is 4. The van der Waals surface area contributed by atoms with Gasteiger partial charge in [-0.2, -0.15) is 0 Å². The van der Waals surface area contributed by atoms with Gasteiger partial charge in [0.1, 0.15) is 33.6 Å². The van der Waals surface area contributed by atoms with Crippen LogP contribution in [0.3, 0.4) is 0 Å². The number of fused-ring (bicyclic) bond motifs is 1. The maximum absolute atomic E-state index is 15.3. The Kier molecular flexibility index (Phi) is 13.6. The molecule has 7 aliphatic rings. The van der Waals surface area contributed by atoms with Gasteiger partial charge in [-0.25, -0.2) is 8.51 Å². The summed E-state index contributed by atoms with van der Waals surface area (Å²) in [7, 11) is -3.07. The minimum Gasteiger partial charge on any atom is -0.343 e. The molecule has 14 heteroatoms. The average Bonchev–Trinajstić information content (AvgIpc) is 3.61. The lowest BCUT2D eigenvalue weighted by Gasteiger charge is -2.38. The predicted molar refractivity (Wildman–Crippen MR) is 238 cm³/mol. The summed E-state index contributed by atoms with van der Waals surface area (Å²) in [6.07, 6.45) is 13.0. The molecule has 3 saturated heterocycles. The third-order valence-electron chi connectivity index (χ3n) is 16.7. The molecule has 2 spiro atoms. The summed E-state index contributed by atoms with van der Waals surface area (Å²) in [5.74, 6) is 2.08. The summed E-state index contributed by atoms with van der Waals surface area (Å²) < 4.78 is 18.1. The Hall–Kier alpha value is -2.71. The van der Waals surface area contributed by atoms with Crippen LogP contribution in [0.5, 0.6) is 0 Å². The quantitative estimate of drug-likeness (QED) is 0.191. The molecule has 5 amide bonds. The normalized spacial score (nSPS) is 32.8. The molecule has 7 rings (SSSR count). The number of hydrogen-bond donors (Lipinski definition) is 4. The van der Waals surface area contributed by atoms with Crippen LogP contribution < -0.4 is 20.7 Å². The van der Waals surface area contributed by atoms with E-state index in [1.54, 1.807) is 9.21 Å². The van der Waals surface area contributed by atoms with Crippen LogP contribution in [0, 0.1) is 33.5 Å². The summed E-state index contributed by atoms with van der Waals surface area (Å²) in [5.41, 5.74) is -2.29. The lowest BCUT2D eigenvalue weighted by atomic mass is 9.73. The van der Waals surface area contributed by atoms with Crippen molar-refractivity contribution in [1.82, 2.24) is 34.8 Å². The minimum atomic E-state index is -3.07. The number of likely N-dealkylation sites (tertiary alicyclic amines) is 2. The van der Waals surface area contributed by atoms with Crippen molar-refractivity contribution in [3.05, 3.63) is 0 Å². The van der Waals surface area contributed by atoms with E-state index in [0.29, 0.717) is 38.9 Å². The molecule has 8 atom stereocenters. The van der Waals surface area contributed by atoms with Crippen LogP contribution in [0.2, 0.25) is 0 Å². The highest BCUT2D eigenvalue weighted by Crippen LogP contribution is 2.88. The molecular weight excluding hydrogens is 779 g/mol. The molecule has 4 aliphatic carbocycles. The number of amides is 5. The van der Waals surface area contributed by atoms with E-state index in [9.17, 15) is 23.4 Å². The van der Waals surface area contributed by atoms with Crippen LogP contribution in [-0.2, 0) is 33.9 Å². The van der Waals surface area contributed by atoms with Gasteiger partial charge in [0.2, 0.25) is 23.6 Å². The third kappa shape index (κ3) is 8.05. The molecule has 4 N–H and O–H groups in total. The fourth-order valence-corrected chi connectivity index (χ4v) is 14.1. The van der Waals surface area contributed by atoms with Crippen LogP contribution in [0.4, 0.5) is 0 Å². The standard InChI is InChI=1S/C44H73N7O6S.C2H6/c1-9-30-26-44(30,39(56)48-58(8,57)50-24-14-15-25-50)47-36(53)32-27-43(41(6,7)42(43)21-17-22-42)28-51(32)38(55)34(40(3,4)5)46-37(54)33(29-18-12-11-13-19-29)45-35(52)31-20-16-23-49(31)10-2;1-2/h29-34H,8-28H2,1-7H3,(H,45,52)(H,46,54)(H,47,53)(H,48,56,57);1-2H3/t30-,31+,32?,33?,34-,43?,44?,58?;/m1./s1. The zero-order valence-electron chi connectivity index (χ0n) is 38.5. The molecule has 60 heavy (non-hydrogen) atoms. The minimum absolute atomic E-state index is 0.0323. The first kappa shape index (κ1) is 46.8. The van der Waals surface area contributed by atoms with Crippen LogP contribution in [0.25, 0.3) is 0 Å². The lowest BCUT2D eigenvalue weighted by Crippen LogP contribution is -2.63. The smallest absolute Gasteiger partial charge is 0.258 e. The molecule has 340 valence electrons. The Morgan fingerprint density at radius 2 is 1.45 bits per heavy atom. The summed E-state index contributed by atoms with van der Waals surface area (Å²) in [6.45, 7) is 21.6. The zero-order valence-corrected chi connectivity index (χ0v) is 39.3. The second-order valence-corrected chi connectivity index (χ2v) is 22.8. The van der Waals surface area contributed by atoms with E-state index in [-0.39, 0.29) is 57.8 Å². The van der Waals surface area contributed by atoms with Gasteiger partial charge in [0, 0.05) is 25.0 Å². The second-order valence-electron chi connectivity index (χ2n) is 20.8. The summed E-state index contributed by atoms with van der Waals surface area (Å²) in [4.78, 5) is 76.5. The highest BCUT2D eigenvalue weighted by molar-refractivity contribution is 7.96. The Bertz CT molecular complexity index is 1750. The molecule has 5 unspecified atom stereocenters. The number of rotatable bonds is 13. The van der Waals surface area contributed by atoms with Gasteiger partial charge >= 0.3 is 0 Å². The third-order valence-corrected chi connectivity index (χ3v) is 18.4. The topological polar surface area (TPSA) is 160 Å².